The molecular formula is C21H23Cl2NO2S. The maximum absolute atomic E-state index is 12.5. The third kappa shape index (κ3) is 5.34. The van der Waals surface area contributed by atoms with Gasteiger partial charge in [-0.25, -0.2) is 0 Å². The van der Waals surface area contributed by atoms with Gasteiger partial charge in [-0.05, 0) is 44.5 Å². The van der Waals surface area contributed by atoms with Gasteiger partial charge in [0.05, 0.1) is 21.8 Å². The zero-order chi connectivity index (χ0) is 19.6. The smallest absolute Gasteiger partial charge is 0.230 e. The highest BCUT2D eigenvalue weighted by atomic mass is 35.5. The summed E-state index contributed by atoms with van der Waals surface area (Å²) in [7, 11) is 0. The van der Waals surface area contributed by atoms with Crippen LogP contribution in [0, 0.1) is 6.92 Å². The summed E-state index contributed by atoms with van der Waals surface area (Å²) in [6.45, 7) is 6.15. The summed E-state index contributed by atoms with van der Waals surface area (Å²) in [5, 5.41) is 4.26. The van der Waals surface area contributed by atoms with Gasteiger partial charge >= 0.3 is 0 Å². The minimum Gasteiger partial charge on any atom is -0.487 e. The summed E-state index contributed by atoms with van der Waals surface area (Å²) in [6.07, 6.45) is 0.743. The van der Waals surface area contributed by atoms with Gasteiger partial charge in [-0.2, -0.15) is 0 Å². The van der Waals surface area contributed by atoms with Crippen LogP contribution in [0.4, 0.5) is 0 Å². The van der Waals surface area contributed by atoms with E-state index in [4.69, 9.17) is 27.9 Å². The van der Waals surface area contributed by atoms with Crippen molar-refractivity contribution in [2.24, 2.45) is 0 Å². The third-order valence-corrected chi connectivity index (χ3v) is 6.19. The molecule has 3 nitrogen and oxygen atoms in total. The van der Waals surface area contributed by atoms with Crippen molar-refractivity contribution in [3.05, 3.63) is 63.1 Å². The van der Waals surface area contributed by atoms with Crippen LogP contribution in [0.5, 0.6) is 5.75 Å². The molecule has 3 rings (SSSR count). The molecule has 1 N–H and O–H groups in total. The first kappa shape index (κ1) is 20.4. The molecule has 0 aliphatic carbocycles. The van der Waals surface area contributed by atoms with Gasteiger partial charge in [0.1, 0.15) is 11.4 Å². The first-order valence-electron chi connectivity index (χ1n) is 8.84. The van der Waals surface area contributed by atoms with Crippen LogP contribution in [-0.4, -0.2) is 17.3 Å². The number of amides is 1. The van der Waals surface area contributed by atoms with Crippen LogP contribution in [-0.2, 0) is 10.5 Å². The lowest BCUT2D eigenvalue weighted by Crippen LogP contribution is -2.41. The van der Waals surface area contributed by atoms with Crippen LogP contribution < -0.4 is 10.1 Å². The van der Waals surface area contributed by atoms with Crippen LogP contribution in [0.2, 0.25) is 10.0 Å². The molecule has 1 amide bonds. The van der Waals surface area contributed by atoms with Crippen LogP contribution in [0.25, 0.3) is 0 Å². The van der Waals surface area contributed by atoms with E-state index in [1.165, 1.54) is 0 Å². The Morgan fingerprint density at radius 1 is 1.22 bits per heavy atom. The zero-order valence-electron chi connectivity index (χ0n) is 15.6. The van der Waals surface area contributed by atoms with E-state index in [-0.39, 0.29) is 17.6 Å². The van der Waals surface area contributed by atoms with Gasteiger partial charge in [-0.1, -0.05) is 47.0 Å². The number of thioether (sulfide) groups is 1. The molecule has 144 valence electrons. The minimum absolute atomic E-state index is 0.0233. The second-order valence-electron chi connectivity index (χ2n) is 7.47. The van der Waals surface area contributed by atoms with Gasteiger partial charge in [0.2, 0.25) is 5.91 Å². The molecule has 1 aliphatic rings. The number of nitrogens with one attached hydrogen (secondary N) is 1. The molecule has 1 heterocycles. The van der Waals surface area contributed by atoms with Gasteiger partial charge < -0.3 is 10.1 Å². The first-order chi connectivity index (χ1) is 12.7. The first-order valence-corrected chi connectivity index (χ1v) is 10.8. The quantitative estimate of drug-likeness (QED) is 0.644. The van der Waals surface area contributed by atoms with Crippen molar-refractivity contribution < 1.29 is 9.53 Å². The maximum Gasteiger partial charge on any atom is 0.230 e. The largest absolute Gasteiger partial charge is 0.487 e. The van der Waals surface area contributed by atoms with Gasteiger partial charge in [0.15, 0.2) is 0 Å². The topological polar surface area (TPSA) is 38.3 Å². The second-order valence-corrected chi connectivity index (χ2v) is 9.27. The van der Waals surface area contributed by atoms with E-state index in [1.807, 2.05) is 45.0 Å². The number of carbonyl (C=O) groups is 1. The highest BCUT2D eigenvalue weighted by Gasteiger charge is 2.34. The molecule has 1 aliphatic heterocycles. The fourth-order valence-corrected chi connectivity index (χ4v) is 4.34. The number of carbonyl (C=O) groups excluding carboxylic acids is 1. The minimum atomic E-state index is -0.312. The average Bonchev–Trinajstić information content (AvgIpc) is 2.58. The Bertz CT molecular complexity index is 854. The molecule has 0 aromatic heterocycles. The molecule has 0 spiro atoms. The normalized spacial score (nSPS) is 17.7. The van der Waals surface area contributed by atoms with Crippen molar-refractivity contribution in [3.63, 3.8) is 0 Å². The maximum atomic E-state index is 12.5. The van der Waals surface area contributed by atoms with E-state index in [1.54, 1.807) is 17.8 Å². The number of halogens is 2. The van der Waals surface area contributed by atoms with E-state index in [0.717, 1.165) is 28.9 Å². The summed E-state index contributed by atoms with van der Waals surface area (Å²) < 4.78 is 6.07. The van der Waals surface area contributed by atoms with Crippen molar-refractivity contribution in [2.75, 3.05) is 5.75 Å². The predicted molar refractivity (Wildman–Crippen MR) is 114 cm³/mol. The number of rotatable bonds is 5. The SMILES string of the molecule is Cc1ccc2c(c1)[C@@H](NC(=O)CSCc1ccc(Cl)c(Cl)c1)CC(C)(C)O2. The Kier molecular flexibility index (Phi) is 6.29. The summed E-state index contributed by atoms with van der Waals surface area (Å²) >= 11 is 13.5. The molecule has 2 aromatic rings. The van der Waals surface area contributed by atoms with Crippen molar-refractivity contribution in [2.45, 2.75) is 44.6 Å². The lowest BCUT2D eigenvalue weighted by Gasteiger charge is -2.38. The second kappa shape index (κ2) is 8.34. The Morgan fingerprint density at radius 3 is 2.74 bits per heavy atom. The summed E-state index contributed by atoms with van der Waals surface area (Å²) in [4.78, 5) is 12.5. The van der Waals surface area contributed by atoms with Gasteiger partial charge in [-0.15, -0.1) is 11.8 Å². The molecule has 0 unspecified atom stereocenters. The molecular weight excluding hydrogens is 401 g/mol. The Labute approximate surface area is 174 Å². The standard InChI is InChI=1S/C21H23Cl2NO2S/c1-13-4-7-19-15(8-13)18(10-21(2,3)26-19)24-20(25)12-27-11-14-5-6-16(22)17(23)9-14/h4-9,18H,10-12H2,1-3H3,(H,24,25)/t18-/m0/s1. The van der Waals surface area contributed by atoms with Gasteiger partial charge in [0.25, 0.3) is 0 Å². The molecule has 6 heteroatoms. The van der Waals surface area contributed by atoms with Crippen LogP contribution in [0.15, 0.2) is 36.4 Å². The van der Waals surface area contributed by atoms with Crippen LogP contribution in [0.1, 0.15) is 43.0 Å². The highest BCUT2D eigenvalue weighted by molar-refractivity contribution is 7.99. The Hall–Kier alpha value is -1.36. The summed E-state index contributed by atoms with van der Waals surface area (Å²) in [5.74, 6) is 1.97. The van der Waals surface area contributed by atoms with Crippen molar-refractivity contribution in [3.8, 4) is 5.75 Å². The monoisotopic (exact) mass is 423 g/mol. The molecule has 0 bridgehead atoms. The number of ether oxygens (including phenoxy) is 1. The van der Waals surface area contributed by atoms with E-state index in [2.05, 4.69) is 11.4 Å². The van der Waals surface area contributed by atoms with E-state index in [9.17, 15) is 4.79 Å². The zero-order valence-corrected chi connectivity index (χ0v) is 18.0. The van der Waals surface area contributed by atoms with Gasteiger partial charge in [0, 0.05) is 17.7 Å². The Balaban J connectivity index is 1.60. The average molecular weight is 424 g/mol. The molecule has 0 saturated carbocycles. The predicted octanol–water partition coefficient (Wildman–Crippen LogP) is 5.95. The van der Waals surface area contributed by atoms with Crippen molar-refractivity contribution in [1.29, 1.82) is 0 Å². The molecule has 27 heavy (non-hydrogen) atoms. The van der Waals surface area contributed by atoms with Crippen molar-refractivity contribution in [1.82, 2.24) is 5.32 Å². The van der Waals surface area contributed by atoms with Crippen molar-refractivity contribution >= 4 is 40.9 Å². The number of aryl methyl sites for hydroxylation is 1. The van der Waals surface area contributed by atoms with E-state index >= 15 is 0 Å². The highest BCUT2D eigenvalue weighted by Crippen LogP contribution is 2.39. The summed E-state index contributed by atoms with van der Waals surface area (Å²) in [6, 6.07) is 11.6. The summed E-state index contributed by atoms with van der Waals surface area (Å²) in [5.41, 5.74) is 2.95. The molecule has 0 saturated heterocycles. The molecule has 2 aromatic carbocycles. The number of fused-ring (bicyclic) bond motifs is 1. The lowest BCUT2D eigenvalue weighted by atomic mass is 9.89. The van der Waals surface area contributed by atoms with Crippen LogP contribution >= 0.6 is 35.0 Å². The van der Waals surface area contributed by atoms with Crippen LogP contribution in [0.3, 0.4) is 0 Å². The molecule has 1 atom stereocenters. The molecule has 0 radical (unpaired) electrons. The fourth-order valence-electron chi connectivity index (χ4n) is 3.23. The fraction of sp³-hybridized carbons (Fsp3) is 0.381. The number of hydrogen-bond donors (Lipinski definition) is 1. The van der Waals surface area contributed by atoms with E-state index < -0.39 is 0 Å². The van der Waals surface area contributed by atoms with E-state index in [0.29, 0.717) is 21.6 Å². The van der Waals surface area contributed by atoms with Gasteiger partial charge in [-0.3, -0.25) is 4.79 Å². The Morgan fingerprint density at radius 2 is 2.00 bits per heavy atom. The lowest BCUT2D eigenvalue weighted by molar-refractivity contribution is -0.119. The third-order valence-electron chi connectivity index (χ3n) is 4.44. The number of hydrogen-bond acceptors (Lipinski definition) is 3. The molecule has 0 fully saturated rings. The number of benzene rings is 2.